The fourth-order valence-corrected chi connectivity index (χ4v) is 3.51. The molecule has 0 N–H and O–H groups in total. The summed E-state index contributed by atoms with van der Waals surface area (Å²) in [5, 5.41) is 1.24. The van der Waals surface area contributed by atoms with Gasteiger partial charge in [0.1, 0.15) is 0 Å². The number of rotatable bonds is 0. The van der Waals surface area contributed by atoms with E-state index in [9.17, 15) is 0 Å². The summed E-state index contributed by atoms with van der Waals surface area (Å²) in [6, 6.07) is 18.4. The van der Waals surface area contributed by atoms with Crippen molar-refractivity contribution in [3.05, 3.63) is 69.5 Å². The highest BCUT2D eigenvalue weighted by Crippen LogP contribution is 2.34. The Kier molecular flexibility index (Phi) is 3.19. The van der Waals surface area contributed by atoms with Crippen LogP contribution in [0.4, 0.5) is 0 Å². The fourth-order valence-electron chi connectivity index (χ4n) is 1.74. The summed E-state index contributed by atoms with van der Waals surface area (Å²) < 4.78 is 2.37. The average Bonchev–Trinajstić information content (AvgIpc) is 2.75. The zero-order chi connectivity index (χ0) is 12.4. The van der Waals surface area contributed by atoms with Crippen LogP contribution in [0.2, 0.25) is 0 Å². The maximum absolute atomic E-state index is 3.63. The Morgan fingerprint density at radius 3 is 2.33 bits per heavy atom. The predicted molar refractivity (Wildman–Crippen MR) is 81.9 cm³/mol. The second-order valence-corrected chi connectivity index (χ2v) is 5.70. The predicted octanol–water partition coefficient (Wildman–Crippen LogP) is 5.06. The van der Waals surface area contributed by atoms with E-state index in [4.69, 9.17) is 0 Å². The molecule has 0 unspecified atom stereocenters. The molecule has 0 amide bonds. The van der Waals surface area contributed by atoms with E-state index >= 15 is 0 Å². The molecule has 0 nitrogen and oxygen atoms in total. The molecule has 0 saturated heterocycles. The first-order chi connectivity index (χ1) is 8.84. The molecule has 0 aliphatic heterocycles. The van der Waals surface area contributed by atoms with Crippen LogP contribution < -0.4 is 0 Å². The molecule has 0 bridgehead atoms. The van der Waals surface area contributed by atoms with Crippen LogP contribution in [-0.2, 0) is 0 Å². The third-order valence-corrected chi connectivity index (χ3v) is 4.80. The van der Waals surface area contributed by atoms with Crippen molar-refractivity contribution in [3.8, 4) is 11.8 Å². The molecule has 0 fully saturated rings. The summed E-state index contributed by atoms with van der Waals surface area (Å²) in [6.07, 6.45) is 0. The van der Waals surface area contributed by atoms with Gasteiger partial charge in [0, 0.05) is 15.6 Å². The molecule has 0 aliphatic rings. The van der Waals surface area contributed by atoms with Gasteiger partial charge in [0.15, 0.2) is 0 Å². The van der Waals surface area contributed by atoms with Crippen LogP contribution in [0, 0.1) is 11.8 Å². The maximum atomic E-state index is 3.63. The highest BCUT2D eigenvalue weighted by atomic mass is 79.9. The normalized spacial score (nSPS) is 10.1. The number of halogens is 1. The lowest BCUT2D eigenvalue weighted by molar-refractivity contribution is 1.65. The van der Waals surface area contributed by atoms with Crippen molar-refractivity contribution >= 4 is 37.4 Å². The summed E-state index contributed by atoms with van der Waals surface area (Å²) in [4.78, 5) is 1.08. The van der Waals surface area contributed by atoms with Crippen LogP contribution in [0.5, 0.6) is 0 Å². The van der Waals surface area contributed by atoms with Crippen molar-refractivity contribution < 1.29 is 0 Å². The molecule has 18 heavy (non-hydrogen) atoms. The van der Waals surface area contributed by atoms with E-state index in [2.05, 4.69) is 46.0 Å². The van der Waals surface area contributed by atoms with E-state index in [1.807, 2.05) is 36.4 Å². The third kappa shape index (κ3) is 2.20. The minimum atomic E-state index is 1.04. The monoisotopic (exact) mass is 312 g/mol. The van der Waals surface area contributed by atoms with Crippen LogP contribution in [-0.4, -0.2) is 0 Å². The number of thiophene rings is 1. The van der Waals surface area contributed by atoms with E-state index in [-0.39, 0.29) is 0 Å². The number of fused-ring (bicyclic) bond motifs is 1. The topological polar surface area (TPSA) is 0 Å². The standard InChI is InChI=1S/C16H9BrS/c17-16-13-8-4-5-9-14(13)18-15(16)11-10-12-6-2-1-3-7-12/h1-9H. The molecule has 0 saturated carbocycles. The van der Waals surface area contributed by atoms with Crippen LogP contribution in [0.3, 0.4) is 0 Å². The van der Waals surface area contributed by atoms with Gasteiger partial charge in [0.2, 0.25) is 0 Å². The molecule has 1 aromatic heterocycles. The van der Waals surface area contributed by atoms with E-state index in [0.717, 1.165) is 14.9 Å². The summed E-state index contributed by atoms with van der Waals surface area (Å²) in [7, 11) is 0. The van der Waals surface area contributed by atoms with Crippen molar-refractivity contribution in [3.63, 3.8) is 0 Å². The minimum absolute atomic E-state index is 1.04. The quantitative estimate of drug-likeness (QED) is 0.509. The number of hydrogen-bond donors (Lipinski definition) is 0. The SMILES string of the molecule is Brc1c(C#Cc2ccccc2)sc2ccccc12. The Morgan fingerprint density at radius 2 is 1.56 bits per heavy atom. The summed E-state index contributed by atoms with van der Waals surface area (Å²) in [5.41, 5.74) is 1.04. The molecule has 0 aliphatic carbocycles. The van der Waals surface area contributed by atoms with Gasteiger partial charge in [-0.3, -0.25) is 0 Å². The van der Waals surface area contributed by atoms with Crippen LogP contribution in [0.15, 0.2) is 59.1 Å². The molecular formula is C16H9BrS. The Morgan fingerprint density at radius 1 is 0.833 bits per heavy atom. The van der Waals surface area contributed by atoms with E-state index in [1.165, 1.54) is 10.1 Å². The molecule has 1 heterocycles. The van der Waals surface area contributed by atoms with Gasteiger partial charge in [-0.2, -0.15) is 0 Å². The van der Waals surface area contributed by atoms with Gasteiger partial charge >= 0.3 is 0 Å². The average molecular weight is 313 g/mol. The van der Waals surface area contributed by atoms with Crippen molar-refractivity contribution in [1.82, 2.24) is 0 Å². The highest BCUT2D eigenvalue weighted by Gasteiger charge is 2.06. The highest BCUT2D eigenvalue weighted by molar-refractivity contribution is 9.10. The van der Waals surface area contributed by atoms with E-state index in [1.54, 1.807) is 11.3 Å². The number of hydrogen-bond acceptors (Lipinski definition) is 1. The second-order valence-electron chi connectivity index (χ2n) is 3.86. The lowest BCUT2D eigenvalue weighted by Crippen LogP contribution is -1.71. The molecule has 3 aromatic rings. The lowest BCUT2D eigenvalue weighted by atomic mass is 10.2. The van der Waals surface area contributed by atoms with Gasteiger partial charge in [-0.05, 0) is 40.0 Å². The van der Waals surface area contributed by atoms with Crippen molar-refractivity contribution in [2.75, 3.05) is 0 Å². The first-order valence-corrected chi connectivity index (χ1v) is 7.19. The summed E-state index contributed by atoms with van der Waals surface area (Å²) >= 11 is 5.36. The first-order valence-electron chi connectivity index (χ1n) is 5.59. The van der Waals surface area contributed by atoms with Crippen LogP contribution in [0.25, 0.3) is 10.1 Å². The third-order valence-electron chi connectivity index (χ3n) is 2.63. The zero-order valence-corrected chi connectivity index (χ0v) is 11.9. The lowest BCUT2D eigenvalue weighted by Gasteiger charge is -1.88. The number of benzene rings is 2. The molecule has 2 heteroatoms. The molecule has 0 atom stereocenters. The van der Waals surface area contributed by atoms with Crippen molar-refractivity contribution in [2.45, 2.75) is 0 Å². The molecule has 86 valence electrons. The Labute approximate surface area is 118 Å². The molecule has 3 rings (SSSR count). The van der Waals surface area contributed by atoms with E-state index in [0.29, 0.717) is 0 Å². The van der Waals surface area contributed by atoms with Gasteiger partial charge in [0.25, 0.3) is 0 Å². The van der Waals surface area contributed by atoms with Crippen molar-refractivity contribution in [1.29, 1.82) is 0 Å². The van der Waals surface area contributed by atoms with E-state index < -0.39 is 0 Å². The van der Waals surface area contributed by atoms with Crippen LogP contribution >= 0.6 is 27.3 Å². The van der Waals surface area contributed by atoms with Gasteiger partial charge in [0.05, 0.1) is 9.35 Å². The molecular weight excluding hydrogens is 304 g/mol. The smallest absolute Gasteiger partial charge is 0.0926 e. The molecule has 2 aromatic carbocycles. The van der Waals surface area contributed by atoms with Gasteiger partial charge in [-0.15, -0.1) is 11.3 Å². The summed E-state index contributed by atoms with van der Waals surface area (Å²) in [5.74, 6) is 6.43. The van der Waals surface area contributed by atoms with Crippen LogP contribution in [0.1, 0.15) is 10.4 Å². The Balaban J connectivity index is 2.06. The Hall–Kier alpha value is -1.56. The van der Waals surface area contributed by atoms with Gasteiger partial charge < -0.3 is 0 Å². The largest absolute Gasteiger partial charge is 0.125 e. The zero-order valence-electron chi connectivity index (χ0n) is 9.48. The van der Waals surface area contributed by atoms with Crippen molar-refractivity contribution in [2.24, 2.45) is 0 Å². The maximum Gasteiger partial charge on any atom is 0.0926 e. The molecule has 0 spiro atoms. The Bertz CT molecular complexity index is 745. The minimum Gasteiger partial charge on any atom is -0.125 e. The van der Waals surface area contributed by atoms with Gasteiger partial charge in [-0.1, -0.05) is 42.3 Å². The van der Waals surface area contributed by atoms with Gasteiger partial charge in [-0.25, -0.2) is 0 Å². The molecule has 0 radical (unpaired) electrons. The summed E-state index contributed by atoms with van der Waals surface area (Å²) in [6.45, 7) is 0. The second kappa shape index (κ2) is 4.97. The fraction of sp³-hybridized carbons (Fsp3) is 0. The first kappa shape index (κ1) is 11.5.